The lowest BCUT2D eigenvalue weighted by Crippen LogP contribution is -2.33. The van der Waals surface area contributed by atoms with Crippen LogP contribution in [0.1, 0.15) is 28.8 Å². The van der Waals surface area contributed by atoms with Gasteiger partial charge in [0.1, 0.15) is 5.82 Å². The summed E-state index contributed by atoms with van der Waals surface area (Å²) >= 11 is 1.26. The molecule has 0 saturated carbocycles. The molecule has 26 heavy (non-hydrogen) atoms. The molecule has 0 radical (unpaired) electrons. The Morgan fingerprint density at radius 1 is 1.19 bits per heavy atom. The van der Waals surface area contributed by atoms with E-state index < -0.39 is 5.82 Å². The van der Waals surface area contributed by atoms with Crippen molar-refractivity contribution in [3.8, 4) is 0 Å². The highest BCUT2D eigenvalue weighted by Crippen LogP contribution is 2.28. The highest BCUT2D eigenvalue weighted by atomic mass is 32.2. The minimum Gasteiger partial charge on any atom is -0.340 e. The maximum atomic E-state index is 13.9. The van der Waals surface area contributed by atoms with Crippen LogP contribution in [0.3, 0.4) is 0 Å². The normalized spacial score (nSPS) is 19.6. The second-order valence-corrected chi connectivity index (χ2v) is 7.52. The summed E-state index contributed by atoms with van der Waals surface area (Å²) in [6, 6.07) is 14.3. The molecule has 0 aromatic heterocycles. The van der Waals surface area contributed by atoms with Crippen molar-refractivity contribution in [1.82, 2.24) is 4.90 Å². The van der Waals surface area contributed by atoms with Crippen LogP contribution >= 0.6 is 11.8 Å². The number of amides is 1. The van der Waals surface area contributed by atoms with E-state index in [2.05, 4.69) is 0 Å². The highest BCUT2D eigenvalue weighted by molar-refractivity contribution is 8.00. The van der Waals surface area contributed by atoms with Crippen molar-refractivity contribution in [2.45, 2.75) is 23.8 Å². The van der Waals surface area contributed by atoms with E-state index in [0.717, 1.165) is 5.56 Å². The molecule has 0 spiro atoms. The molecule has 1 saturated heterocycles. The average molecular weight is 372 g/mol. The van der Waals surface area contributed by atoms with Crippen molar-refractivity contribution >= 4 is 23.5 Å². The van der Waals surface area contributed by atoms with Gasteiger partial charge in [0, 0.05) is 29.9 Å². The number of carbonyl (C=O) groups is 2. The molecule has 0 aliphatic carbocycles. The first kappa shape index (κ1) is 18.6. The molecule has 6 heteroatoms. The summed E-state index contributed by atoms with van der Waals surface area (Å²) in [4.78, 5) is 26.2. The van der Waals surface area contributed by atoms with Crippen molar-refractivity contribution in [3.63, 3.8) is 0 Å². The summed E-state index contributed by atoms with van der Waals surface area (Å²) in [6.07, 6.45) is 0. The molecule has 1 fully saturated rings. The van der Waals surface area contributed by atoms with Crippen LogP contribution in [0, 0.1) is 5.82 Å². The number of ketones is 1. The molecule has 0 bridgehead atoms. The number of nitrogens with two attached hydrogens (primary N) is 1. The molecule has 2 atom stereocenters. The summed E-state index contributed by atoms with van der Waals surface area (Å²) < 4.78 is 13.9. The quantitative estimate of drug-likeness (QED) is 0.647. The second kappa shape index (κ2) is 8.01. The minimum atomic E-state index is -0.553. The lowest BCUT2D eigenvalue weighted by Gasteiger charge is -2.16. The predicted octanol–water partition coefficient (Wildman–Crippen LogP) is 3.07. The van der Waals surface area contributed by atoms with E-state index in [1.807, 2.05) is 30.3 Å². The maximum absolute atomic E-state index is 13.9. The Kier molecular flexibility index (Phi) is 5.74. The van der Waals surface area contributed by atoms with Crippen LogP contribution in [0.25, 0.3) is 0 Å². The molecule has 1 heterocycles. The summed E-state index contributed by atoms with van der Waals surface area (Å²) in [5.41, 5.74) is 7.44. The van der Waals surface area contributed by atoms with Crippen LogP contribution in [-0.4, -0.2) is 41.5 Å². The monoisotopic (exact) mass is 372 g/mol. The molecule has 136 valence electrons. The van der Waals surface area contributed by atoms with Gasteiger partial charge in [-0.05, 0) is 30.7 Å². The fourth-order valence-electron chi connectivity index (χ4n) is 3.19. The van der Waals surface area contributed by atoms with E-state index in [-0.39, 0.29) is 35.0 Å². The molecule has 1 aliphatic rings. The maximum Gasteiger partial charge on any atom is 0.233 e. The Bertz CT molecular complexity index is 813. The number of likely N-dealkylation sites (tertiary alicyclic amines) is 1. The van der Waals surface area contributed by atoms with Crippen LogP contribution in [0.2, 0.25) is 0 Å². The van der Waals surface area contributed by atoms with E-state index >= 15 is 0 Å². The molecular formula is C20H21FN2O2S. The number of benzene rings is 2. The molecule has 0 unspecified atom stereocenters. The molecule has 2 aromatic carbocycles. The van der Waals surface area contributed by atoms with Crippen LogP contribution < -0.4 is 5.73 Å². The van der Waals surface area contributed by atoms with E-state index in [1.165, 1.54) is 30.8 Å². The summed E-state index contributed by atoms with van der Waals surface area (Å²) in [6.45, 7) is 2.45. The molecule has 1 aliphatic heterocycles. The first-order valence-corrected chi connectivity index (χ1v) is 9.46. The Balaban J connectivity index is 1.59. The van der Waals surface area contributed by atoms with Gasteiger partial charge in [0.2, 0.25) is 5.91 Å². The van der Waals surface area contributed by atoms with Gasteiger partial charge in [-0.2, -0.15) is 0 Å². The average Bonchev–Trinajstić information content (AvgIpc) is 3.02. The number of Topliss-reactive ketones (excluding diaryl/α,β-unsaturated/α-hetero) is 1. The predicted molar refractivity (Wildman–Crippen MR) is 101 cm³/mol. The van der Waals surface area contributed by atoms with Crippen molar-refractivity contribution in [2.75, 3.05) is 18.8 Å². The summed E-state index contributed by atoms with van der Waals surface area (Å²) in [5, 5.41) is 0. The van der Waals surface area contributed by atoms with Crippen LogP contribution in [0.4, 0.5) is 4.39 Å². The number of hydrogen-bond acceptors (Lipinski definition) is 4. The van der Waals surface area contributed by atoms with Crippen LogP contribution in [0.5, 0.6) is 0 Å². The zero-order valence-corrected chi connectivity index (χ0v) is 15.3. The lowest BCUT2D eigenvalue weighted by molar-refractivity contribution is -0.127. The van der Waals surface area contributed by atoms with Crippen molar-refractivity contribution in [2.24, 2.45) is 5.73 Å². The minimum absolute atomic E-state index is 0.0140. The standard InChI is InChI=1S/C20H21FN2O2S/c1-13(24)16-8-7-15(9-18(16)21)26-12-20(25)23-10-17(19(22)11-23)14-5-3-2-4-6-14/h2-9,17,19H,10-12,22H2,1H3/t17-,19+/m0/s1. The smallest absolute Gasteiger partial charge is 0.233 e. The fourth-order valence-corrected chi connectivity index (χ4v) is 4.02. The van der Waals surface area contributed by atoms with E-state index in [9.17, 15) is 14.0 Å². The fraction of sp³-hybridized carbons (Fsp3) is 0.300. The molecule has 2 aromatic rings. The topological polar surface area (TPSA) is 63.4 Å². The second-order valence-electron chi connectivity index (χ2n) is 6.47. The van der Waals surface area contributed by atoms with Crippen molar-refractivity contribution < 1.29 is 14.0 Å². The number of nitrogens with zero attached hydrogens (tertiary/aromatic N) is 1. The van der Waals surface area contributed by atoms with Gasteiger partial charge in [-0.3, -0.25) is 9.59 Å². The van der Waals surface area contributed by atoms with E-state index in [1.54, 1.807) is 11.0 Å². The summed E-state index contributed by atoms with van der Waals surface area (Å²) in [5.74, 6) is -0.527. The van der Waals surface area contributed by atoms with Gasteiger partial charge >= 0.3 is 0 Å². The number of carbonyl (C=O) groups excluding carboxylic acids is 2. The number of hydrogen-bond donors (Lipinski definition) is 1. The van der Waals surface area contributed by atoms with E-state index in [0.29, 0.717) is 18.0 Å². The largest absolute Gasteiger partial charge is 0.340 e. The highest BCUT2D eigenvalue weighted by Gasteiger charge is 2.33. The third-order valence-electron chi connectivity index (χ3n) is 4.63. The first-order chi connectivity index (χ1) is 12.5. The Morgan fingerprint density at radius 3 is 2.58 bits per heavy atom. The van der Waals surface area contributed by atoms with Crippen LogP contribution in [0.15, 0.2) is 53.4 Å². The molecule has 2 N–H and O–H groups in total. The van der Waals surface area contributed by atoms with Gasteiger partial charge in [0.15, 0.2) is 5.78 Å². The number of thioether (sulfide) groups is 1. The van der Waals surface area contributed by atoms with Gasteiger partial charge < -0.3 is 10.6 Å². The zero-order valence-electron chi connectivity index (χ0n) is 14.5. The molecule has 4 nitrogen and oxygen atoms in total. The molecule has 1 amide bonds. The molecule has 3 rings (SSSR count). The van der Waals surface area contributed by atoms with Gasteiger partial charge in [-0.1, -0.05) is 30.3 Å². The summed E-state index contributed by atoms with van der Waals surface area (Å²) in [7, 11) is 0. The van der Waals surface area contributed by atoms with E-state index in [4.69, 9.17) is 5.73 Å². The third kappa shape index (κ3) is 4.14. The zero-order chi connectivity index (χ0) is 18.7. The Labute approximate surface area is 156 Å². The SMILES string of the molecule is CC(=O)c1ccc(SCC(=O)N2C[C@@H](N)[C@H](c3ccccc3)C2)cc1F. The van der Waals surface area contributed by atoms with Gasteiger partial charge in [-0.25, -0.2) is 4.39 Å². The molecular weight excluding hydrogens is 351 g/mol. The van der Waals surface area contributed by atoms with Crippen molar-refractivity contribution in [3.05, 3.63) is 65.5 Å². The Hall–Kier alpha value is -2.18. The third-order valence-corrected chi connectivity index (χ3v) is 5.61. The number of rotatable bonds is 5. The Morgan fingerprint density at radius 2 is 1.92 bits per heavy atom. The lowest BCUT2D eigenvalue weighted by atomic mass is 9.95. The number of halogens is 1. The van der Waals surface area contributed by atoms with Gasteiger partial charge in [-0.15, -0.1) is 11.8 Å². The van der Waals surface area contributed by atoms with Gasteiger partial charge in [0.25, 0.3) is 0 Å². The van der Waals surface area contributed by atoms with Crippen molar-refractivity contribution in [1.29, 1.82) is 0 Å². The van der Waals surface area contributed by atoms with Crippen LogP contribution in [-0.2, 0) is 4.79 Å². The first-order valence-electron chi connectivity index (χ1n) is 8.47. The van der Waals surface area contributed by atoms with Gasteiger partial charge in [0.05, 0.1) is 11.3 Å².